The van der Waals surface area contributed by atoms with E-state index in [-0.39, 0.29) is 18.2 Å². The number of hydrogen-bond donors (Lipinski definition) is 1. The van der Waals surface area contributed by atoms with Crippen LogP contribution in [-0.2, 0) is 13.2 Å². The summed E-state index contributed by atoms with van der Waals surface area (Å²) >= 11 is 0. The first-order valence-corrected chi connectivity index (χ1v) is 8.37. The molecule has 5 nitrogen and oxygen atoms in total. The number of halogens is 2. The van der Waals surface area contributed by atoms with Gasteiger partial charge in [0.1, 0.15) is 24.0 Å². The van der Waals surface area contributed by atoms with E-state index in [0.29, 0.717) is 44.0 Å². The first-order valence-electron chi connectivity index (χ1n) is 8.37. The van der Waals surface area contributed by atoms with E-state index in [1.807, 2.05) is 6.07 Å². The van der Waals surface area contributed by atoms with Gasteiger partial charge < -0.3 is 14.7 Å². The summed E-state index contributed by atoms with van der Waals surface area (Å²) in [5.74, 6) is -0.225. The molecular formula is C19H20F2N2O3. The third kappa shape index (κ3) is 4.70. The zero-order chi connectivity index (χ0) is 18.5. The Kier molecular flexibility index (Phi) is 5.68. The lowest BCUT2D eigenvalue weighted by atomic mass is 10.1. The molecule has 3 rings (SSSR count). The number of ether oxygens (including phenoxy) is 1. The fourth-order valence-electron chi connectivity index (χ4n) is 2.85. The van der Waals surface area contributed by atoms with Gasteiger partial charge in [0.25, 0.3) is 0 Å². The van der Waals surface area contributed by atoms with Crippen LogP contribution in [0.2, 0.25) is 0 Å². The molecule has 0 atom stereocenters. The van der Waals surface area contributed by atoms with Gasteiger partial charge in [0.05, 0.1) is 0 Å². The lowest BCUT2D eigenvalue weighted by molar-refractivity contribution is 0.103. The molecule has 0 spiro atoms. The van der Waals surface area contributed by atoms with E-state index in [4.69, 9.17) is 9.84 Å². The van der Waals surface area contributed by atoms with Gasteiger partial charge >= 0.3 is 6.09 Å². The van der Waals surface area contributed by atoms with Gasteiger partial charge in [-0.3, -0.25) is 4.90 Å². The molecule has 0 unspecified atom stereocenters. The van der Waals surface area contributed by atoms with Gasteiger partial charge in [-0.2, -0.15) is 0 Å². The predicted octanol–water partition coefficient (Wildman–Crippen LogP) is 3.34. The Labute approximate surface area is 150 Å². The Morgan fingerprint density at radius 1 is 1.04 bits per heavy atom. The molecule has 0 saturated carbocycles. The number of carbonyl (C=O) groups is 1. The summed E-state index contributed by atoms with van der Waals surface area (Å²) in [7, 11) is 0. The molecule has 2 aromatic rings. The minimum Gasteiger partial charge on any atom is -0.489 e. The molecule has 0 bridgehead atoms. The van der Waals surface area contributed by atoms with Crippen molar-refractivity contribution in [1.82, 2.24) is 9.80 Å². The van der Waals surface area contributed by atoms with Gasteiger partial charge in [0, 0.05) is 38.3 Å². The van der Waals surface area contributed by atoms with E-state index in [2.05, 4.69) is 4.90 Å². The molecule has 1 N–H and O–H groups in total. The molecule has 26 heavy (non-hydrogen) atoms. The Bertz CT molecular complexity index is 760. The third-order valence-electron chi connectivity index (χ3n) is 4.37. The summed E-state index contributed by atoms with van der Waals surface area (Å²) in [4.78, 5) is 14.4. The highest BCUT2D eigenvalue weighted by Gasteiger charge is 2.20. The standard InChI is InChI=1S/C19H20F2N2O3/c20-16-3-5-17(6-4-16)26-13-15-2-1-14(11-18(15)21)12-22-7-9-23(10-8-22)19(24)25/h1-6,11H,7-10,12-13H2,(H,24,25). The first kappa shape index (κ1) is 18.1. The molecule has 138 valence electrons. The second-order valence-electron chi connectivity index (χ2n) is 6.21. The van der Waals surface area contributed by atoms with Crippen LogP contribution in [0.1, 0.15) is 11.1 Å². The first-order chi connectivity index (χ1) is 12.5. The Morgan fingerprint density at radius 2 is 1.73 bits per heavy atom. The smallest absolute Gasteiger partial charge is 0.407 e. The van der Waals surface area contributed by atoms with E-state index in [1.165, 1.54) is 35.2 Å². The maximum Gasteiger partial charge on any atom is 0.407 e. The summed E-state index contributed by atoms with van der Waals surface area (Å²) in [6.45, 7) is 2.81. The number of rotatable bonds is 5. The summed E-state index contributed by atoms with van der Waals surface area (Å²) in [6.07, 6.45) is -0.902. The molecule has 1 fully saturated rings. The predicted molar refractivity (Wildman–Crippen MR) is 92.0 cm³/mol. The molecule has 0 radical (unpaired) electrons. The topological polar surface area (TPSA) is 53.0 Å². The number of piperazine rings is 1. The van der Waals surface area contributed by atoms with Crippen LogP contribution >= 0.6 is 0 Å². The second-order valence-corrected chi connectivity index (χ2v) is 6.21. The summed E-state index contributed by atoms with van der Waals surface area (Å²) in [5, 5.41) is 8.95. The van der Waals surface area contributed by atoms with Crippen LogP contribution in [0.3, 0.4) is 0 Å². The quantitative estimate of drug-likeness (QED) is 0.886. The molecule has 1 heterocycles. The van der Waals surface area contributed by atoms with Crippen molar-refractivity contribution in [1.29, 1.82) is 0 Å². The minimum atomic E-state index is -0.902. The van der Waals surface area contributed by atoms with Gasteiger partial charge in [-0.25, -0.2) is 13.6 Å². The largest absolute Gasteiger partial charge is 0.489 e. The summed E-state index contributed by atoms with van der Waals surface area (Å²) in [6, 6.07) is 10.6. The van der Waals surface area contributed by atoms with Crippen molar-refractivity contribution in [2.24, 2.45) is 0 Å². The van der Waals surface area contributed by atoms with E-state index in [9.17, 15) is 13.6 Å². The van der Waals surface area contributed by atoms with Crippen LogP contribution in [0.25, 0.3) is 0 Å². The van der Waals surface area contributed by atoms with Crippen molar-refractivity contribution >= 4 is 6.09 Å². The Hall–Kier alpha value is -2.67. The molecular weight excluding hydrogens is 342 g/mol. The summed E-state index contributed by atoms with van der Waals surface area (Å²) < 4.78 is 32.6. The maximum absolute atomic E-state index is 14.3. The normalized spacial score (nSPS) is 15.1. The van der Waals surface area contributed by atoms with Gasteiger partial charge in [-0.1, -0.05) is 12.1 Å². The van der Waals surface area contributed by atoms with Gasteiger partial charge in [0.2, 0.25) is 0 Å². The fraction of sp³-hybridized carbons (Fsp3) is 0.316. The van der Waals surface area contributed by atoms with Crippen molar-refractivity contribution in [3.05, 3.63) is 65.2 Å². The fourth-order valence-corrected chi connectivity index (χ4v) is 2.85. The van der Waals surface area contributed by atoms with Gasteiger partial charge in [-0.15, -0.1) is 0 Å². The number of carboxylic acid groups (broad SMARTS) is 1. The van der Waals surface area contributed by atoms with Crippen LogP contribution in [0.15, 0.2) is 42.5 Å². The molecule has 1 aliphatic heterocycles. The molecule has 1 amide bonds. The average Bonchev–Trinajstić information content (AvgIpc) is 2.63. The maximum atomic E-state index is 14.3. The number of hydrogen-bond acceptors (Lipinski definition) is 3. The zero-order valence-corrected chi connectivity index (χ0v) is 14.2. The average molecular weight is 362 g/mol. The van der Waals surface area contributed by atoms with Crippen LogP contribution in [0, 0.1) is 11.6 Å². The SMILES string of the molecule is O=C(O)N1CCN(Cc2ccc(COc3ccc(F)cc3)c(F)c2)CC1. The minimum absolute atomic E-state index is 0.0645. The van der Waals surface area contributed by atoms with Crippen molar-refractivity contribution in [2.45, 2.75) is 13.2 Å². The summed E-state index contributed by atoms with van der Waals surface area (Å²) in [5.41, 5.74) is 1.26. The number of benzene rings is 2. The van der Waals surface area contributed by atoms with Crippen molar-refractivity contribution < 1.29 is 23.4 Å². The van der Waals surface area contributed by atoms with E-state index < -0.39 is 6.09 Å². The lowest BCUT2D eigenvalue weighted by Crippen LogP contribution is -2.47. The molecule has 0 aliphatic carbocycles. The van der Waals surface area contributed by atoms with Crippen molar-refractivity contribution in [3.8, 4) is 5.75 Å². The van der Waals surface area contributed by atoms with Crippen LogP contribution in [0.4, 0.5) is 13.6 Å². The highest BCUT2D eigenvalue weighted by molar-refractivity contribution is 5.65. The van der Waals surface area contributed by atoms with Crippen LogP contribution in [-0.4, -0.2) is 47.2 Å². The number of nitrogens with zero attached hydrogens (tertiary/aromatic N) is 2. The highest BCUT2D eigenvalue weighted by atomic mass is 19.1. The van der Waals surface area contributed by atoms with Crippen LogP contribution in [0.5, 0.6) is 5.75 Å². The van der Waals surface area contributed by atoms with Crippen LogP contribution < -0.4 is 4.74 Å². The second kappa shape index (κ2) is 8.14. The highest BCUT2D eigenvalue weighted by Crippen LogP contribution is 2.17. The van der Waals surface area contributed by atoms with Crippen molar-refractivity contribution in [3.63, 3.8) is 0 Å². The lowest BCUT2D eigenvalue weighted by Gasteiger charge is -2.33. The van der Waals surface area contributed by atoms with Gasteiger partial charge in [0.15, 0.2) is 0 Å². The molecule has 0 aromatic heterocycles. The Balaban J connectivity index is 1.54. The Morgan fingerprint density at radius 3 is 2.35 bits per heavy atom. The molecule has 1 aliphatic rings. The van der Waals surface area contributed by atoms with Crippen molar-refractivity contribution in [2.75, 3.05) is 26.2 Å². The van der Waals surface area contributed by atoms with E-state index in [1.54, 1.807) is 6.07 Å². The molecule has 1 saturated heterocycles. The van der Waals surface area contributed by atoms with E-state index in [0.717, 1.165) is 5.56 Å². The molecule has 7 heteroatoms. The third-order valence-corrected chi connectivity index (χ3v) is 4.37. The van der Waals surface area contributed by atoms with Gasteiger partial charge in [-0.05, 0) is 35.9 Å². The number of amides is 1. The monoisotopic (exact) mass is 362 g/mol. The zero-order valence-electron chi connectivity index (χ0n) is 14.2. The van der Waals surface area contributed by atoms with E-state index >= 15 is 0 Å². The molecule has 2 aromatic carbocycles.